The zero-order valence-corrected chi connectivity index (χ0v) is 27.7. The Kier molecular flexibility index (Phi) is 7.66. The Morgan fingerprint density at radius 3 is 1.59 bits per heavy atom. The fourth-order valence-corrected chi connectivity index (χ4v) is 13.8. The molecule has 6 heteroatoms. The van der Waals surface area contributed by atoms with Gasteiger partial charge in [-0.1, -0.05) is 27.7 Å². The lowest BCUT2D eigenvalue weighted by Crippen LogP contribution is -2.58. The molecule has 0 aromatic carbocycles. The first-order valence-corrected chi connectivity index (χ1v) is 18.3. The molecule has 8 saturated carbocycles. The third kappa shape index (κ3) is 4.45. The first kappa shape index (κ1) is 31.5. The highest BCUT2D eigenvalue weighted by Crippen LogP contribution is 2.67. The van der Waals surface area contributed by atoms with Gasteiger partial charge in [0.1, 0.15) is 17.3 Å². The summed E-state index contributed by atoms with van der Waals surface area (Å²) in [6.45, 7) is 9.09. The minimum Gasteiger partial charge on any atom is -0.393 e. The summed E-state index contributed by atoms with van der Waals surface area (Å²) < 4.78 is 0. The summed E-state index contributed by atoms with van der Waals surface area (Å²) in [6.07, 6.45) is 13.6. The van der Waals surface area contributed by atoms with Crippen molar-refractivity contribution in [2.24, 2.45) is 69.0 Å². The van der Waals surface area contributed by atoms with E-state index in [2.05, 4.69) is 27.7 Å². The molecule has 0 amide bonds. The minimum absolute atomic E-state index is 0.167. The molecule has 0 aromatic rings. The molecule has 0 heterocycles. The number of aliphatic hydroxyl groups excluding tert-OH is 3. The van der Waals surface area contributed by atoms with Gasteiger partial charge in [-0.3, -0.25) is 14.4 Å². The molecular formula is C38H58O6. The molecule has 2 unspecified atom stereocenters. The van der Waals surface area contributed by atoms with E-state index in [1.54, 1.807) is 0 Å². The van der Waals surface area contributed by atoms with E-state index in [4.69, 9.17) is 0 Å². The molecule has 0 saturated heterocycles. The zero-order valence-electron chi connectivity index (χ0n) is 27.7. The van der Waals surface area contributed by atoms with Crippen molar-refractivity contribution in [3.63, 3.8) is 0 Å². The third-order valence-electron chi connectivity index (χ3n) is 16.6. The maximum atomic E-state index is 12.4. The van der Waals surface area contributed by atoms with Crippen molar-refractivity contribution in [1.82, 2.24) is 0 Å². The molecule has 44 heavy (non-hydrogen) atoms. The van der Waals surface area contributed by atoms with Crippen LogP contribution in [0.1, 0.15) is 130 Å². The normalized spacial score (nSPS) is 56.2. The Balaban J connectivity index is 0.000000142. The van der Waals surface area contributed by atoms with Gasteiger partial charge in [0.25, 0.3) is 0 Å². The number of carbonyl (C=O) groups excluding carboxylic acids is 3. The number of carbonyl (C=O) groups is 3. The summed E-state index contributed by atoms with van der Waals surface area (Å²) in [5.41, 5.74) is 0.107. The van der Waals surface area contributed by atoms with Gasteiger partial charge in [-0.2, -0.15) is 0 Å². The molecule has 8 aliphatic carbocycles. The van der Waals surface area contributed by atoms with Gasteiger partial charge < -0.3 is 15.3 Å². The van der Waals surface area contributed by atoms with Gasteiger partial charge in [-0.15, -0.1) is 0 Å². The van der Waals surface area contributed by atoms with Crippen LogP contribution in [0, 0.1) is 69.0 Å². The van der Waals surface area contributed by atoms with Gasteiger partial charge in [0, 0.05) is 36.5 Å². The molecule has 3 N–H and O–H groups in total. The standard InChI is InChI=1S/C19H30O3.C19H28O3/c2*1-18-7-5-12(20)9-11(18)10-15(21)17-13-3-4-16(22)19(13,2)8-6-14(17)18/h11-15,17,20-21H,3-10H2,1-2H3;11,13-15,17,21H,3-10H2,1-2H3/t11?,12-,13+,14+,15-,17+,18+,19+;11?,13-,14-,15+,17-,18-,19-/m10/s1. The second-order valence-corrected chi connectivity index (χ2v) is 18.1. The van der Waals surface area contributed by atoms with Crippen LogP contribution in [0.3, 0.4) is 0 Å². The van der Waals surface area contributed by atoms with Gasteiger partial charge in [-0.25, -0.2) is 0 Å². The summed E-state index contributed by atoms with van der Waals surface area (Å²) in [6, 6.07) is 0. The Hall–Kier alpha value is -1.11. The van der Waals surface area contributed by atoms with Crippen LogP contribution in [0.15, 0.2) is 0 Å². The molecule has 6 nitrogen and oxygen atoms in total. The van der Waals surface area contributed by atoms with Crippen molar-refractivity contribution < 1.29 is 29.7 Å². The Labute approximate surface area is 264 Å². The van der Waals surface area contributed by atoms with Crippen LogP contribution >= 0.6 is 0 Å². The van der Waals surface area contributed by atoms with Crippen molar-refractivity contribution in [3.8, 4) is 0 Å². The van der Waals surface area contributed by atoms with Crippen molar-refractivity contribution in [2.45, 2.75) is 149 Å². The highest BCUT2D eigenvalue weighted by molar-refractivity contribution is 5.87. The van der Waals surface area contributed by atoms with Crippen molar-refractivity contribution in [3.05, 3.63) is 0 Å². The van der Waals surface area contributed by atoms with Crippen LogP contribution in [0.25, 0.3) is 0 Å². The first-order valence-electron chi connectivity index (χ1n) is 18.3. The molecular weight excluding hydrogens is 552 g/mol. The quantitative estimate of drug-likeness (QED) is 0.307. The molecule has 246 valence electrons. The first-order chi connectivity index (χ1) is 20.7. The van der Waals surface area contributed by atoms with Crippen molar-refractivity contribution in [2.75, 3.05) is 0 Å². The summed E-state index contributed by atoms with van der Waals surface area (Å²) in [5, 5.41) is 31.8. The van der Waals surface area contributed by atoms with Gasteiger partial charge in [0.2, 0.25) is 0 Å². The molecule has 0 aliphatic heterocycles. The summed E-state index contributed by atoms with van der Waals surface area (Å²) in [4.78, 5) is 36.7. The topological polar surface area (TPSA) is 112 Å². The number of fused-ring (bicyclic) bond motifs is 10. The monoisotopic (exact) mass is 610 g/mol. The van der Waals surface area contributed by atoms with Crippen LogP contribution in [0.4, 0.5) is 0 Å². The molecule has 8 rings (SSSR count). The number of hydrogen-bond acceptors (Lipinski definition) is 6. The van der Waals surface area contributed by atoms with Crippen LogP contribution in [-0.2, 0) is 14.4 Å². The van der Waals surface area contributed by atoms with E-state index in [0.717, 1.165) is 83.5 Å². The lowest BCUT2D eigenvalue weighted by Gasteiger charge is -2.61. The molecule has 0 bridgehead atoms. The third-order valence-corrected chi connectivity index (χ3v) is 16.6. The van der Waals surface area contributed by atoms with Crippen molar-refractivity contribution >= 4 is 17.3 Å². The van der Waals surface area contributed by atoms with Crippen molar-refractivity contribution in [1.29, 1.82) is 0 Å². The molecule has 8 aliphatic rings. The second kappa shape index (κ2) is 10.7. The molecule has 8 fully saturated rings. The average Bonchev–Trinajstić information content (AvgIpc) is 3.45. The SMILES string of the molecule is C[C@]12CCC(=O)CC1C[C@@H](O)[C@@H]1[C@@H]2CC[C@]2(C)C(=O)CC[C@@H]12.C[C@]12CC[C@@H](O)CC1C[C@@H](O)[C@@H]1[C@@H]2CC[C@]2(C)C(=O)CC[C@@H]12. The summed E-state index contributed by atoms with van der Waals surface area (Å²) in [7, 11) is 0. The van der Waals surface area contributed by atoms with Crippen LogP contribution in [0.5, 0.6) is 0 Å². The predicted octanol–water partition coefficient (Wildman–Crippen LogP) is 6.07. The lowest BCUT2D eigenvalue weighted by atomic mass is 9.44. The van der Waals surface area contributed by atoms with E-state index in [1.165, 1.54) is 0 Å². The number of rotatable bonds is 0. The molecule has 0 spiro atoms. The predicted molar refractivity (Wildman–Crippen MR) is 167 cm³/mol. The number of Topliss-reactive ketones (excluding diaryl/α,β-unsaturated/α-hetero) is 3. The highest BCUT2D eigenvalue weighted by Gasteiger charge is 2.64. The Bertz CT molecular complexity index is 1200. The fourth-order valence-electron chi connectivity index (χ4n) is 13.8. The van der Waals surface area contributed by atoms with E-state index in [-0.39, 0.29) is 45.9 Å². The fraction of sp³-hybridized carbons (Fsp3) is 0.921. The molecule has 0 radical (unpaired) electrons. The van der Waals surface area contributed by atoms with Crippen LogP contribution in [0.2, 0.25) is 0 Å². The second-order valence-electron chi connectivity index (χ2n) is 18.1. The van der Waals surface area contributed by atoms with Gasteiger partial charge >= 0.3 is 0 Å². The maximum Gasteiger partial charge on any atom is 0.139 e. The van der Waals surface area contributed by atoms with E-state index >= 15 is 0 Å². The highest BCUT2D eigenvalue weighted by atomic mass is 16.3. The minimum atomic E-state index is -0.315. The van der Waals surface area contributed by atoms with Gasteiger partial charge in [0.05, 0.1) is 18.3 Å². The number of hydrogen-bond donors (Lipinski definition) is 3. The van der Waals surface area contributed by atoms with Gasteiger partial charge in [-0.05, 0) is 135 Å². The Morgan fingerprint density at radius 2 is 1.05 bits per heavy atom. The molecule has 15 atom stereocenters. The summed E-state index contributed by atoms with van der Waals surface area (Å²) in [5.74, 6) is 4.42. The average molecular weight is 611 g/mol. The van der Waals surface area contributed by atoms with E-state index in [9.17, 15) is 29.7 Å². The van der Waals surface area contributed by atoms with Crippen LogP contribution < -0.4 is 0 Å². The van der Waals surface area contributed by atoms with Gasteiger partial charge in [0.15, 0.2) is 0 Å². The van der Waals surface area contributed by atoms with E-state index < -0.39 is 0 Å². The smallest absolute Gasteiger partial charge is 0.139 e. The Morgan fingerprint density at radius 1 is 0.545 bits per heavy atom. The number of aliphatic hydroxyl groups is 3. The molecule has 0 aromatic heterocycles. The van der Waals surface area contributed by atoms with Crippen LogP contribution in [-0.4, -0.2) is 51.0 Å². The summed E-state index contributed by atoms with van der Waals surface area (Å²) >= 11 is 0. The maximum absolute atomic E-state index is 12.4. The lowest BCUT2D eigenvalue weighted by molar-refractivity contribution is -0.171. The number of ketones is 3. The van der Waals surface area contributed by atoms with E-state index in [1.807, 2.05) is 0 Å². The largest absolute Gasteiger partial charge is 0.393 e. The zero-order chi connectivity index (χ0) is 31.4. The van der Waals surface area contributed by atoms with E-state index in [0.29, 0.717) is 78.0 Å².